The number of nitrogens with zero attached hydrogens (tertiary/aromatic N) is 1. The maximum atomic E-state index is 6.41. The van der Waals surface area contributed by atoms with E-state index in [1.54, 1.807) is 0 Å². The minimum atomic E-state index is 0.142. The minimum absolute atomic E-state index is 0.142. The Hall–Kier alpha value is -0.0900. The number of benzene rings is 1. The van der Waals surface area contributed by atoms with E-state index >= 15 is 0 Å². The van der Waals surface area contributed by atoms with Gasteiger partial charge in [0.15, 0.2) is 0 Å². The molecular weight excluding hydrogens is 348 g/mol. The number of piperazine rings is 1. The molecule has 0 spiro atoms. The number of hydrogen-bond donors (Lipinski definition) is 1. The van der Waals surface area contributed by atoms with Crippen molar-refractivity contribution in [1.29, 1.82) is 0 Å². The van der Waals surface area contributed by atoms with Crippen LogP contribution in [0, 0.1) is 5.41 Å². The van der Waals surface area contributed by atoms with Crippen molar-refractivity contribution in [2.24, 2.45) is 5.41 Å². The van der Waals surface area contributed by atoms with Crippen LogP contribution in [-0.2, 0) is 6.54 Å². The van der Waals surface area contributed by atoms with Gasteiger partial charge >= 0.3 is 0 Å². The van der Waals surface area contributed by atoms with Crippen LogP contribution in [0.1, 0.15) is 40.2 Å². The van der Waals surface area contributed by atoms with E-state index in [1.165, 1.54) is 5.56 Å². The van der Waals surface area contributed by atoms with Crippen LogP contribution in [0.3, 0.4) is 0 Å². The first-order valence-electron chi connectivity index (χ1n) is 7.51. The third-order valence-corrected chi connectivity index (χ3v) is 5.05. The molecule has 0 amide bonds. The Morgan fingerprint density at radius 3 is 2.62 bits per heavy atom. The smallest absolute Gasteiger partial charge is 0.0462 e. The summed E-state index contributed by atoms with van der Waals surface area (Å²) in [5, 5.41) is 4.51. The Kier molecular flexibility index (Phi) is 5.09. The molecule has 1 heterocycles. The normalized spacial score (nSPS) is 23.3. The van der Waals surface area contributed by atoms with Crippen LogP contribution in [-0.4, -0.2) is 29.6 Å². The SMILES string of the molecule is CC1(C)CN(Cc2ccc(Br)cc2Cl)C(C(C)(C)C)CN1. The first kappa shape index (κ1) is 17.3. The fourth-order valence-corrected chi connectivity index (χ4v) is 3.80. The van der Waals surface area contributed by atoms with Gasteiger partial charge < -0.3 is 5.32 Å². The van der Waals surface area contributed by atoms with E-state index in [0.717, 1.165) is 29.1 Å². The fourth-order valence-electron chi connectivity index (χ4n) is 3.06. The topological polar surface area (TPSA) is 15.3 Å². The van der Waals surface area contributed by atoms with Crippen LogP contribution in [0.15, 0.2) is 22.7 Å². The maximum absolute atomic E-state index is 6.41. The zero-order valence-electron chi connectivity index (χ0n) is 13.6. The molecule has 1 unspecified atom stereocenters. The monoisotopic (exact) mass is 372 g/mol. The van der Waals surface area contributed by atoms with Gasteiger partial charge in [-0.3, -0.25) is 4.90 Å². The molecule has 2 rings (SSSR count). The molecule has 1 fully saturated rings. The number of hydrogen-bond acceptors (Lipinski definition) is 2. The van der Waals surface area contributed by atoms with Crippen molar-refractivity contribution in [3.05, 3.63) is 33.3 Å². The summed E-state index contributed by atoms with van der Waals surface area (Å²) in [6.45, 7) is 14.4. The molecule has 1 aromatic rings. The van der Waals surface area contributed by atoms with Crippen molar-refractivity contribution < 1.29 is 0 Å². The van der Waals surface area contributed by atoms with E-state index in [9.17, 15) is 0 Å². The summed E-state index contributed by atoms with van der Waals surface area (Å²) in [4.78, 5) is 2.58. The van der Waals surface area contributed by atoms with E-state index in [4.69, 9.17) is 11.6 Å². The van der Waals surface area contributed by atoms with Crippen molar-refractivity contribution in [3.8, 4) is 0 Å². The number of halogens is 2. The molecule has 0 aliphatic carbocycles. The Balaban J connectivity index is 2.24. The zero-order chi connectivity index (χ0) is 15.8. The number of rotatable bonds is 2. The second-order valence-electron chi connectivity index (χ2n) is 7.79. The van der Waals surface area contributed by atoms with E-state index in [1.807, 2.05) is 6.07 Å². The van der Waals surface area contributed by atoms with Crippen LogP contribution < -0.4 is 5.32 Å². The van der Waals surface area contributed by atoms with E-state index in [2.05, 4.69) is 72.9 Å². The molecule has 1 aromatic carbocycles. The van der Waals surface area contributed by atoms with E-state index in [-0.39, 0.29) is 11.0 Å². The summed E-state index contributed by atoms with van der Waals surface area (Å²) in [6, 6.07) is 6.68. The molecule has 0 aromatic heterocycles. The van der Waals surface area contributed by atoms with Crippen molar-refractivity contribution in [3.63, 3.8) is 0 Å². The molecule has 1 aliphatic rings. The standard InChI is InChI=1S/C17H26BrClN2/c1-16(2,3)15-9-20-17(4,5)11-21(15)10-12-6-7-13(18)8-14(12)19/h6-8,15,20H,9-11H2,1-5H3. The van der Waals surface area contributed by atoms with Gasteiger partial charge in [0.05, 0.1) is 0 Å². The molecule has 0 bridgehead atoms. The summed E-state index contributed by atoms with van der Waals surface area (Å²) in [6.07, 6.45) is 0. The summed E-state index contributed by atoms with van der Waals surface area (Å²) < 4.78 is 1.03. The van der Waals surface area contributed by atoms with Gasteiger partial charge in [0.25, 0.3) is 0 Å². The van der Waals surface area contributed by atoms with Crippen molar-refractivity contribution in [2.45, 2.75) is 52.7 Å². The zero-order valence-corrected chi connectivity index (χ0v) is 16.0. The largest absolute Gasteiger partial charge is 0.309 e. The second-order valence-corrected chi connectivity index (χ2v) is 9.11. The molecular formula is C17H26BrClN2. The van der Waals surface area contributed by atoms with Gasteiger partial charge in [-0.05, 0) is 37.0 Å². The lowest BCUT2D eigenvalue weighted by Crippen LogP contribution is -2.64. The van der Waals surface area contributed by atoms with Crippen molar-refractivity contribution in [2.75, 3.05) is 13.1 Å². The summed E-state index contributed by atoms with van der Waals surface area (Å²) in [5.74, 6) is 0. The molecule has 1 aliphatic heterocycles. The molecule has 1 saturated heterocycles. The average molecular weight is 374 g/mol. The van der Waals surface area contributed by atoms with Gasteiger partial charge in [-0.2, -0.15) is 0 Å². The van der Waals surface area contributed by atoms with Gasteiger partial charge in [-0.25, -0.2) is 0 Å². The predicted octanol–water partition coefficient (Wildman–Crippen LogP) is 4.70. The lowest BCUT2D eigenvalue weighted by atomic mass is 9.82. The Bertz CT molecular complexity index is 508. The Morgan fingerprint density at radius 1 is 1.38 bits per heavy atom. The van der Waals surface area contributed by atoms with Gasteiger partial charge in [-0.1, -0.05) is 54.4 Å². The molecule has 1 N–H and O–H groups in total. The van der Waals surface area contributed by atoms with Crippen LogP contribution in [0.2, 0.25) is 5.02 Å². The molecule has 118 valence electrons. The van der Waals surface area contributed by atoms with Gasteiger partial charge in [0.1, 0.15) is 0 Å². The molecule has 21 heavy (non-hydrogen) atoms. The third kappa shape index (κ3) is 4.44. The minimum Gasteiger partial charge on any atom is -0.309 e. The van der Waals surface area contributed by atoms with Crippen LogP contribution in [0.5, 0.6) is 0 Å². The molecule has 4 heteroatoms. The van der Waals surface area contributed by atoms with Crippen LogP contribution >= 0.6 is 27.5 Å². The summed E-state index contributed by atoms with van der Waals surface area (Å²) in [5.41, 5.74) is 1.58. The van der Waals surface area contributed by atoms with Gasteiger partial charge in [0.2, 0.25) is 0 Å². The highest BCUT2D eigenvalue weighted by molar-refractivity contribution is 9.10. The van der Waals surface area contributed by atoms with Crippen LogP contribution in [0.25, 0.3) is 0 Å². The van der Waals surface area contributed by atoms with E-state index < -0.39 is 0 Å². The van der Waals surface area contributed by atoms with Gasteiger partial charge in [0, 0.05) is 40.7 Å². The first-order chi connectivity index (χ1) is 9.58. The number of nitrogens with one attached hydrogen (secondary N) is 1. The van der Waals surface area contributed by atoms with Crippen molar-refractivity contribution >= 4 is 27.5 Å². The average Bonchev–Trinajstić information content (AvgIpc) is 2.30. The second kappa shape index (κ2) is 6.19. The Morgan fingerprint density at radius 2 is 2.05 bits per heavy atom. The highest BCUT2D eigenvalue weighted by atomic mass is 79.9. The summed E-state index contributed by atoms with van der Waals surface area (Å²) in [7, 11) is 0. The molecule has 0 radical (unpaired) electrons. The Labute approximate surface area is 142 Å². The first-order valence-corrected chi connectivity index (χ1v) is 8.69. The quantitative estimate of drug-likeness (QED) is 0.808. The molecule has 0 saturated carbocycles. The van der Waals surface area contributed by atoms with E-state index in [0.29, 0.717) is 6.04 Å². The third-order valence-electron chi connectivity index (χ3n) is 4.20. The summed E-state index contributed by atoms with van der Waals surface area (Å²) >= 11 is 9.88. The predicted molar refractivity (Wildman–Crippen MR) is 94.9 cm³/mol. The highest BCUT2D eigenvalue weighted by Crippen LogP contribution is 2.31. The van der Waals surface area contributed by atoms with Crippen molar-refractivity contribution in [1.82, 2.24) is 10.2 Å². The highest BCUT2D eigenvalue weighted by Gasteiger charge is 2.38. The van der Waals surface area contributed by atoms with Gasteiger partial charge in [-0.15, -0.1) is 0 Å². The van der Waals surface area contributed by atoms with Crippen LogP contribution in [0.4, 0.5) is 0 Å². The maximum Gasteiger partial charge on any atom is 0.0462 e. The molecule has 1 atom stereocenters. The molecule has 2 nitrogen and oxygen atoms in total. The fraction of sp³-hybridized carbons (Fsp3) is 0.647. The lowest BCUT2D eigenvalue weighted by Gasteiger charge is -2.49. The lowest BCUT2D eigenvalue weighted by molar-refractivity contribution is 0.0272.